The maximum Gasteiger partial charge on any atom is 0.361 e. The molecule has 0 saturated heterocycles. The van der Waals surface area contributed by atoms with Crippen LogP contribution < -0.4 is 5.30 Å². The van der Waals surface area contributed by atoms with Crippen molar-refractivity contribution in [3.63, 3.8) is 0 Å². The monoisotopic (exact) mass is 505 g/mol. The Balaban J connectivity index is 1.89. The molecule has 0 aliphatic rings. The molecule has 188 valence electrons. The SMILES string of the molecule is CCOP(=O)(OCC)c1ccc2[nH]c(O)c(C(=Nc3ccc(CN(C)C)cc3)c3ccccc3)c2c1. The second-order valence-electron chi connectivity index (χ2n) is 8.64. The normalized spacial score (nSPS) is 12.5. The number of aromatic amines is 1. The molecule has 0 amide bonds. The molecular formula is C28H32N3O4P. The summed E-state index contributed by atoms with van der Waals surface area (Å²) in [6, 6.07) is 23.0. The van der Waals surface area contributed by atoms with Gasteiger partial charge in [-0.2, -0.15) is 0 Å². The molecule has 7 nitrogen and oxygen atoms in total. The van der Waals surface area contributed by atoms with E-state index in [9.17, 15) is 9.67 Å². The van der Waals surface area contributed by atoms with Crippen LogP contribution in [0.5, 0.6) is 5.88 Å². The molecule has 0 aliphatic carbocycles. The van der Waals surface area contributed by atoms with E-state index in [0.717, 1.165) is 17.8 Å². The molecule has 0 radical (unpaired) electrons. The van der Waals surface area contributed by atoms with Crippen LogP contribution in [0.2, 0.25) is 0 Å². The Labute approximate surface area is 211 Å². The topological polar surface area (TPSA) is 87.1 Å². The van der Waals surface area contributed by atoms with Gasteiger partial charge >= 0.3 is 7.60 Å². The Hall–Kier alpha value is -3.22. The Bertz CT molecular complexity index is 1390. The highest BCUT2D eigenvalue weighted by atomic mass is 31.2. The van der Waals surface area contributed by atoms with Gasteiger partial charge in [0.1, 0.15) is 0 Å². The molecule has 36 heavy (non-hydrogen) atoms. The van der Waals surface area contributed by atoms with Crippen LogP contribution >= 0.6 is 7.60 Å². The van der Waals surface area contributed by atoms with Crippen LogP contribution in [0.15, 0.2) is 77.8 Å². The van der Waals surface area contributed by atoms with Crippen molar-refractivity contribution in [2.75, 3.05) is 27.3 Å². The van der Waals surface area contributed by atoms with Gasteiger partial charge in [-0.3, -0.25) is 4.57 Å². The zero-order chi connectivity index (χ0) is 25.7. The van der Waals surface area contributed by atoms with Gasteiger partial charge in [-0.1, -0.05) is 42.5 Å². The van der Waals surface area contributed by atoms with Crippen LogP contribution in [0.3, 0.4) is 0 Å². The number of nitrogens with zero attached hydrogens (tertiary/aromatic N) is 2. The maximum absolute atomic E-state index is 13.5. The number of benzene rings is 3. The molecule has 0 aliphatic heterocycles. The Morgan fingerprint density at radius 1 is 0.972 bits per heavy atom. The lowest BCUT2D eigenvalue weighted by Crippen LogP contribution is -2.11. The predicted molar refractivity (Wildman–Crippen MR) is 146 cm³/mol. The molecule has 4 aromatic rings. The van der Waals surface area contributed by atoms with Gasteiger partial charge < -0.3 is 24.0 Å². The Morgan fingerprint density at radius 2 is 1.64 bits per heavy atom. The first-order valence-corrected chi connectivity index (χ1v) is 13.5. The minimum Gasteiger partial charge on any atom is -0.494 e. The van der Waals surface area contributed by atoms with E-state index in [1.807, 2.05) is 56.6 Å². The zero-order valence-corrected chi connectivity index (χ0v) is 22.0. The number of hydrogen-bond donors (Lipinski definition) is 2. The van der Waals surface area contributed by atoms with Crippen molar-refractivity contribution in [2.24, 2.45) is 4.99 Å². The summed E-state index contributed by atoms with van der Waals surface area (Å²) in [5, 5.41) is 12.1. The molecule has 3 aromatic carbocycles. The highest BCUT2D eigenvalue weighted by molar-refractivity contribution is 7.62. The van der Waals surface area contributed by atoms with Gasteiger partial charge in [0.05, 0.1) is 35.5 Å². The Kier molecular flexibility index (Phi) is 8.07. The molecule has 1 heterocycles. The predicted octanol–water partition coefficient (Wildman–Crippen LogP) is 6.00. The summed E-state index contributed by atoms with van der Waals surface area (Å²) < 4.78 is 24.6. The molecule has 0 fully saturated rings. The fraction of sp³-hybridized carbons (Fsp3) is 0.250. The second-order valence-corrected chi connectivity index (χ2v) is 10.7. The maximum atomic E-state index is 13.5. The number of aromatic hydroxyl groups is 1. The van der Waals surface area contributed by atoms with Crippen LogP contribution in [0.4, 0.5) is 5.69 Å². The van der Waals surface area contributed by atoms with Gasteiger partial charge in [-0.25, -0.2) is 4.99 Å². The highest BCUT2D eigenvalue weighted by Gasteiger charge is 2.28. The lowest BCUT2D eigenvalue weighted by atomic mass is 10.0. The first-order valence-electron chi connectivity index (χ1n) is 12.0. The van der Waals surface area contributed by atoms with E-state index in [4.69, 9.17) is 14.0 Å². The lowest BCUT2D eigenvalue weighted by Gasteiger charge is -2.17. The van der Waals surface area contributed by atoms with Gasteiger partial charge in [0, 0.05) is 23.0 Å². The minimum absolute atomic E-state index is 0.0170. The molecule has 4 rings (SSSR count). The van der Waals surface area contributed by atoms with Gasteiger partial charge in [0.2, 0.25) is 0 Å². The third-order valence-corrected chi connectivity index (χ3v) is 7.74. The first kappa shape index (κ1) is 25.9. The van der Waals surface area contributed by atoms with E-state index in [0.29, 0.717) is 27.5 Å². The van der Waals surface area contributed by atoms with Crippen molar-refractivity contribution in [3.05, 3.63) is 89.5 Å². The summed E-state index contributed by atoms with van der Waals surface area (Å²) in [6.07, 6.45) is 0. The molecule has 2 N–H and O–H groups in total. The summed E-state index contributed by atoms with van der Waals surface area (Å²) >= 11 is 0. The largest absolute Gasteiger partial charge is 0.494 e. The van der Waals surface area contributed by atoms with E-state index in [1.54, 1.807) is 32.0 Å². The molecule has 8 heteroatoms. The van der Waals surface area contributed by atoms with E-state index in [2.05, 4.69) is 22.0 Å². The molecule has 0 spiro atoms. The van der Waals surface area contributed by atoms with Crippen LogP contribution in [-0.4, -0.2) is 48.0 Å². The average Bonchev–Trinajstić information content (AvgIpc) is 3.19. The third kappa shape index (κ3) is 5.61. The second kappa shape index (κ2) is 11.2. The van der Waals surface area contributed by atoms with E-state index in [1.165, 1.54) is 5.56 Å². The number of aromatic nitrogens is 1. The van der Waals surface area contributed by atoms with E-state index >= 15 is 0 Å². The molecule has 0 atom stereocenters. The molecule has 0 unspecified atom stereocenters. The third-order valence-electron chi connectivity index (χ3n) is 5.64. The first-order chi connectivity index (χ1) is 17.3. The molecular weight excluding hydrogens is 473 g/mol. The molecule has 0 bridgehead atoms. The smallest absolute Gasteiger partial charge is 0.361 e. The van der Waals surface area contributed by atoms with Gasteiger partial charge in [0.25, 0.3) is 0 Å². The fourth-order valence-corrected chi connectivity index (χ4v) is 5.73. The van der Waals surface area contributed by atoms with Crippen molar-refractivity contribution in [3.8, 4) is 5.88 Å². The summed E-state index contributed by atoms with van der Waals surface area (Å²) in [7, 11) is 0.551. The van der Waals surface area contributed by atoms with Crippen LogP contribution in [-0.2, 0) is 20.2 Å². The van der Waals surface area contributed by atoms with Crippen molar-refractivity contribution in [2.45, 2.75) is 20.4 Å². The number of rotatable bonds is 10. The molecule has 0 saturated carbocycles. The minimum atomic E-state index is -3.51. The number of H-pyrrole nitrogens is 1. The standard InChI is InChI=1S/C28H32N3O4P/c1-5-34-36(33,35-6-2)23-16-17-25-24(18-23)26(28(32)30-25)27(21-10-8-7-9-11-21)29-22-14-12-20(13-15-22)19-31(3)4/h7-18,30,32H,5-6,19H2,1-4H3. The van der Waals surface area contributed by atoms with Crippen LogP contribution in [0.1, 0.15) is 30.5 Å². The van der Waals surface area contributed by atoms with Crippen LogP contribution in [0.25, 0.3) is 10.9 Å². The van der Waals surface area contributed by atoms with Gasteiger partial charge in [-0.15, -0.1) is 0 Å². The van der Waals surface area contributed by atoms with Gasteiger partial charge in [-0.05, 0) is 63.8 Å². The summed E-state index contributed by atoms with van der Waals surface area (Å²) in [5.74, 6) is -0.0170. The number of aliphatic imine (C=N–C) groups is 1. The van der Waals surface area contributed by atoms with Crippen molar-refractivity contribution >= 4 is 35.2 Å². The van der Waals surface area contributed by atoms with Crippen molar-refractivity contribution < 1.29 is 18.7 Å². The summed E-state index contributed by atoms with van der Waals surface area (Å²) in [6.45, 7) is 4.90. The highest BCUT2D eigenvalue weighted by Crippen LogP contribution is 2.47. The number of hydrogen-bond acceptors (Lipinski definition) is 6. The lowest BCUT2D eigenvalue weighted by molar-refractivity contribution is 0.230. The van der Waals surface area contributed by atoms with Gasteiger partial charge in [0.15, 0.2) is 5.88 Å². The molecule has 1 aromatic heterocycles. The van der Waals surface area contributed by atoms with Crippen LogP contribution in [0, 0.1) is 0 Å². The van der Waals surface area contributed by atoms with Crippen molar-refractivity contribution in [1.29, 1.82) is 0 Å². The summed E-state index contributed by atoms with van der Waals surface area (Å²) in [4.78, 5) is 10.1. The fourth-order valence-electron chi connectivity index (χ4n) is 4.13. The zero-order valence-electron chi connectivity index (χ0n) is 21.1. The number of fused-ring (bicyclic) bond motifs is 1. The quantitative estimate of drug-likeness (QED) is 0.204. The summed E-state index contributed by atoms with van der Waals surface area (Å²) in [5.41, 5.74) is 4.59. The van der Waals surface area contributed by atoms with Crippen molar-refractivity contribution in [1.82, 2.24) is 9.88 Å². The van der Waals surface area contributed by atoms with E-state index < -0.39 is 7.60 Å². The van der Waals surface area contributed by atoms with E-state index in [-0.39, 0.29) is 19.1 Å². The Morgan fingerprint density at radius 3 is 2.25 bits per heavy atom. The average molecular weight is 506 g/mol. The number of nitrogens with one attached hydrogen (secondary N) is 1.